The fraction of sp³-hybridized carbons (Fsp3) is 0.200. The Morgan fingerprint density at radius 1 is 0.667 bits per heavy atom. The summed E-state index contributed by atoms with van der Waals surface area (Å²) in [6.07, 6.45) is -0.701. The Kier molecular flexibility index (Phi) is 11.3. The number of benzene rings is 2. The summed E-state index contributed by atoms with van der Waals surface area (Å²) in [5, 5.41) is -1.27. The van der Waals surface area contributed by atoms with Crippen molar-refractivity contribution >= 4 is 41.1 Å². The molecule has 0 spiro atoms. The minimum Gasteiger partial charge on any atom is -0.330 e. The smallest absolute Gasteiger partial charge is 0.330 e. The Morgan fingerprint density at radius 3 is 1.72 bits per heavy atom. The second kappa shape index (κ2) is 16.1. The van der Waals surface area contributed by atoms with Gasteiger partial charge in [0.05, 0.1) is 79.6 Å². The van der Waals surface area contributed by atoms with Crippen LogP contribution >= 0.6 is 23.2 Å². The van der Waals surface area contributed by atoms with Gasteiger partial charge in [0.15, 0.2) is 0 Å². The molecule has 60 heavy (non-hydrogen) atoms. The summed E-state index contributed by atoms with van der Waals surface area (Å²) in [7, 11) is 0. The number of imidazole rings is 2. The zero-order valence-corrected chi connectivity index (χ0v) is 32.5. The summed E-state index contributed by atoms with van der Waals surface area (Å²) in [5.41, 5.74) is -0.0407. The highest BCUT2D eigenvalue weighted by molar-refractivity contribution is 6.35. The van der Waals surface area contributed by atoms with Crippen LogP contribution < -0.4 is 0 Å². The van der Waals surface area contributed by atoms with E-state index in [1.165, 1.54) is 65.1 Å². The molecule has 20 heteroatoms. The van der Waals surface area contributed by atoms with Gasteiger partial charge in [0.2, 0.25) is 0 Å². The van der Waals surface area contributed by atoms with Crippen LogP contribution in [0.25, 0.3) is 17.7 Å². The molecule has 2 unspecified atom stereocenters. The molecule has 2 atom stereocenters. The number of alkyl halides is 6. The highest BCUT2D eigenvalue weighted by Crippen LogP contribution is 2.40. The molecule has 6 heterocycles. The Labute approximate surface area is 345 Å². The maximum atomic E-state index is 13.2. The predicted octanol–water partition coefficient (Wildman–Crippen LogP) is 10.1. The number of carbonyl (C=O) groups excluding carboxylic acids is 2. The number of carbonyl (C=O) groups is 2. The Hall–Kier alpha value is -6.14. The van der Waals surface area contributed by atoms with E-state index in [0.29, 0.717) is 35.1 Å². The van der Waals surface area contributed by atoms with E-state index in [4.69, 9.17) is 23.2 Å². The van der Waals surface area contributed by atoms with E-state index < -0.39 is 69.1 Å². The molecule has 0 saturated carbocycles. The van der Waals surface area contributed by atoms with Crippen LogP contribution in [0.4, 0.5) is 35.1 Å². The second-order valence-electron chi connectivity index (χ2n) is 13.5. The number of nitrogens with zero attached hydrogens (tertiary/aromatic N) is 8. The standard InChI is InChI=1S/C20H15ClF4N4O.C20H13ClF4N4O/c2*1-11-18-15(29(10-27-18)16-6-5-12(22)9-26-16)7-8-28(11)19(30)13-3-2-4-14(17(13)21)20(23,24)25/h2-6,9-11H,7-8H2,1H3;2-11H,1H3. The van der Waals surface area contributed by atoms with Gasteiger partial charge in [-0.05, 0) is 68.5 Å². The van der Waals surface area contributed by atoms with E-state index in [-0.39, 0.29) is 17.7 Å². The van der Waals surface area contributed by atoms with Crippen molar-refractivity contribution in [3.05, 3.63) is 159 Å². The van der Waals surface area contributed by atoms with Gasteiger partial charge in [-0.25, -0.2) is 28.7 Å². The first kappa shape index (κ1) is 42.0. The van der Waals surface area contributed by atoms with Crippen LogP contribution in [0.5, 0.6) is 0 Å². The number of rotatable bonds is 4. The van der Waals surface area contributed by atoms with E-state index in [2.05, 4.69) is 19.9 Å². The summed E-state index contributed by atoms with van der Waals surface area (Å²) >= 11 is 11.8. The lowest BCUT2D eigenvalue weighted by molar-refractivity contribution is -0.138. The summed E-state index contributed by atoms with van der Waals surface area (Å²) in [6, 6.07) is 11.0. The molecule has 10 nitrogen and oxygen atoms in total. The lowest BCUT2D eigenvalue weighted by Crippen LogP contribution is -2.39. The fourth-order valence-electron chi connectivity index (χ4n) is 6.87. The first-order valence-corrected chi connectivity index (χ1v) is 18.5. The molecule has 0 aliphatic carbocycles. The van der Waals surface area contributed by atoms with Crippen molar-refractivity contribution in [3.8, 4) is 11.6 Å². The van der Waals surface area contributed by atoms with Gasteiger partial charge in [-0.1, -0.05) is 35.3 Å². The van der Waals surface area contributed by atoms with E-state index in [1.54, 1.807) is 29.1 Å². The molecule has 2 aliphatic heterocycles. The SMILES string of the molecule is CC1c2ncn(-c3ccc(F)cn3)c2C=CN1C(=O)c1cccc(C(F)(F)F)c1Cl.CC1c2ncn(-c3ccc(F)cn3)c2CCN1C(=O)c1cccc(C(F)(F)F)c1Cl. The number of pyridine rings is 2. The van der Waals surface area contributed by atoms with Crippen molar-refractivity contribution in [2.45, 2.75) is 44.7 Å². The number of hydrogen-bond acceptors (Lipinski definition) is 6. The van der Waals surface area contributed by atoms with Gasteiger partial charge in [-0.3, -0.25) is 18.7 Å². The van der Waals surface area contributed by atoms with Gasteiger partial charge in [0.25, 0.3) is 11.8 Å². The van der Waals surface area contributed by atoms with Gasteiger partial charge in [0.1, 0.15) is 35.9 Å². The third-order valence-electron chi connectivity index (χ3n) is 9.87. The predicted molar refractivity (Wildman–Crippen MR) is 202 cm³/mol. The molecule has 0 fully saturated rings. The molecule has 2 aromatic carbocycles. The van der Waals surface area contributed by atoms with Gasteiger partial charge >= 0.3 is 12.4 Å². The molecular formula is C40H28Cl2F8N8O2. The highest BCUT2D eigenvalue weighted by atomic mass is 35.5. The minimum atomic E-state index is -4.68. The normalized spacial score (nSPS) is 16.2. The molecule has 8 rings (SSSR count). The van der Waals surface area contributed by atoms with Gasteiger partial charge in [-0.15, -0.1) is 0 Å². The monoisotopic (exact) mass is 874 g/mol. The van der Waals surface area contributed by atoms with Crippen molar-refractivity contribution in [1.82, 2.24) is 38.9 Å². The zero-order chi connectivity index (χ0) is 43.3. The Balaban J connectivity index is 0.000000181. The third kappa shape index (κ3) is 7.95. The summed E-state index contributed by atoms with van der Waals surface area (Å²) in [4.78, 5) is 45.4. The summed E-state index contributed by atoms with van der Waals surface area (Å²) in [5.74, 6) is -1.31. The number of amides is 2. The van der Waals surface area contributed by atoms with E-state index in [1.807, 2.05) is 0 Å². The molecule has 2 aliphatic rings. The summed E-state index contributed by atoms with van der Waals surface area (Å²) in [6.45, 7) is 3.69. The average molecular weight is 876 g/mol. The maximum Gasteiger partial charge on any atom is 0.417 e. The van der Waals surface area contributed by atoms with Crippen LogP contribution in [0.1, 0.15) is 80.5 Å². The van der Waals surface area contributed by atoms with Gasteiger partial charge < -0.3 is 9.80 Å². The molecule has 310 valence electrons. The summed E-state index contributed by atoms with van der Waals surface area (Å²) < 4.78 is 108. The van der Waals surface area contributed by atoms with Gasteiger partial charge in [-0.2, -0.15) is 26.3 Å². The highest BCUT2D eigenvalue weighted by Gasteiger charge is 2.39. The topological polar surface area (TPSA) is 102 Å². The van der Waals surface area contributed by atoms with Crippen molar-refractivity contribution in [3.63, 3.8) is 0 Å². The zero-order valence-electron chi connectivity index (χ0n) is 31.0. The molecular weight excluding hydrogens is 847 g/mol. The second-order valence-corrected chi connectivity index (χ2v) is 14.2. The molecule has 0 radical (unpaired) electrons. The minimum absolute atomic E-state index is 0.207. The van der Waals surface area contributed by atoms with Crippen molar-refractivity contribution in [2.24, 2.45) is 0 Å². The molecule has 0 bridgehead atoms. The number of halogens is 10. The van der Waals surface area contributed by atoms with Crippen molar-refractivity contribution < 1.29 is 44.7 Å². The van der Waals surface area contributed by atoms with Crippen LogP contribution in [-0.4, -0.2) is 57.2 Å². The van der Waals surface area contributed by atoms with Crippen LogP contribution in [0.15, 0.2) is 91.9 Å². The molecule has 4 aromatic heterocycles. The average Bonchev–Trinajstić information content (AvgIpc) is 3.84. The molecule has 0 N–H and O–H groups in total. The Bertz CT molecular complexity index is 2630. The first-order chi connectivity index (χ1) is 28.4. The van der Waals surface area contributed by atoms with Crippen molar-refractivity contribution in [1.29, 1.82) is 0 Å². The van der Waals surface area contributed by atoms with Gasteiger partial charge in [0, 0.05) is 19.2 Å². The number of aromatic nitrogens is 6. The van der Waals surface area contributed by atoms with Crippen LogP contribution in [-0.2, 0) is 18.8 Å². The quantitative estimate of drug-likeness (QED) is 0.164. The van der Waals surface area contributed by atoms with Crippen LogP contribution in [0, 0.1) is 11.6 Å². The van der Waals surface area contributed by atoms with Crippen molar-refractivity contribution in [2.75, 3.05) is 6.54 Å². The lowest BCUT2D eigenvalue weighted by Gasteiger charge is -2.33. The molecule has 6 aromatic rings. The molecule has 2 amide bonds. The van der Waals surface area contributed by atoms with E-state index in [9.17, 15) is 44.7 Å². The fourth-order valence-corrected chi connectivity index (χ4v) is 7.50. The first-order valence-electron chi connectivity index (χ1n) is 17.8. The number of hydrogen-bond donors (Lipinski definition) is 0. The van der Waals surface area contributed by atoms with Crippen LogP contribution in [0.3, 0.4) is 0 Å². The third-order valence-corrected chi connectivity index (χ3v) is 10.7. The van der Waals surface area contributed by atoms with E-state index in [0.717, 1.165) is 42.4 Å². The lowest BCUT2D eigenvalue weighted by atomic mass is 10.0. The van der Waals surface area contributed by atoms with Crippen LogP contribution in [0.2, 0.25) is 10.0 Å². The largest absolute Gasteiger partial charge is 0.417 e. The Morgan fingerprint density at radius 2 is 1.18 bits per heavy atom. The number of fused-ring (bicyclic) bond motifs is 2. The van der Waals surface area contributed by atoms with E-state index >= 15 is 0 Å². The molecule has 0 saturated heterocycles. The maximum absolute atomic E-state index is 13.2.